The summed E-state index contributed by atoms with van der Waals surface area (Å²) in [5.74, 6) is -1.06. The van der Waals surface area contributed by atoms with Gasteiger partial charge in [0.05, 0.1) is 0 Å². The number of amides is 1. The molecule has 0 aromatic rings. The van der Waals surface area contributed by atoms with Crippen LogP contribution >= 0.6 is 0 Å². The van der Waals surface area contributed by atoms with Crippen LogP contribution in [0, 0.1) is 0 Å². The molecule has 3 N–H and O–H groups in total. The van der Waals surface area contributed by atoms with Crippen LogP contribution in [0.1, 0.15) is 40.5 Å². The van der Waals surface area contributed by atoms with Crippen LogP contribution in [-0.4, -0.2) is 28.3 Å². The van der Waals surface area contributed by atoms with Crippen molar-refractivity contribution in [1.82, 2.24) is 10.9 Å². The van der Waals surface area contributed by atoms with Gasteiger partial charge >= 0.3 is 12.1 Å². The van der Waals surface area contributed by atoms with E-state index in [-0.39, 0.29) is 0 Å². The van der Waals surface area contributed by atoms with E-state index < -0.39 is 23.2 Å². The zero-order valence-electron chi connectivity index (χ0n) is 11.4. The minimum absolute atomic E-state index is 0.307. The first-order valence-corrected chi connectivity index (χ1v) is 5.71. The van der Waals surface area contributed by atoms with Gasteiger partial charge in [-0.3, -0.25) is 10.2 Å². The number of carbonyl (C=O) groups is 2. The van der Waals surface area contributed by atoms with Crippen LogP contribution in [-0.2, 0) is 9.53 Å². The summed E-state index contributed by atoms with van der Waals surface area (Å²) in [5, 5.41) is 9.12. The predicted octanol–water partition coefficient (Wildman–Crippen LogP) is 1.83. The summed E-state index contributed by atoms with van der Waals surface area (Å²) in [7, 11) is 0. The number of aliphatic carboxylic acids is 1. The van der Waals surface area contributed by atoms with E-state index in [1.165, 1.54) is 6.92 Å². The molecule has 0 aromatic heterocycles. The van der Waals surface area contributed by atoms with E-state index >= 15 is 0 Å². The molecule has 0 radical (unpaired) electrons. The molecule has 0 heterocycles. The van der Waals surface area contributed by atoms with E-state index in [1.54, 1.807) is 26.8 Å². The lowest BCUT2D eigenvalue weighted by molar-refractivity contribution is -0.144. The minimum atomic E-state index is -1.26. The van der Waals surface area contributed by atoms with Crippen LogP contribution in [0.15, 0.2) is 12.7 Å². The maximum absolute atomic E-state index is 11.4. The molecule has 1 atom stereocenters. The number of hydrazine groups is 1. The number of ether oxygens (including phenoxy) is 1. The fraction of sp³-hybridized carbons (Fsp3) is 0.667. The Balaban J connectivity index is 4.40. The molecule has 0 saturated heterocycles. The van der Waals surface area contributed by atoms with Crippen molar-refractivity contribution in [1.29, 1.82) is 0 Å². The highest BCUT2D eigenvalue weighted by Crippen LogP contribution is 2.12. The molecule has 0 spiro atoms. The topological polar surface area (TPSA) is 87.7 Å². The Labute approximate surface area is 107 Å². The van der Waals surface area contributed by atoms with Crippen LogP contribution in [0.5, 0.6) is 0 Å². The van der Waals surface area contributed by atoms with Crippen LogP contribution in [0.3, 0.4) is 0 Å². The Morgan fingerprint density at radius 1 is 1.33 bits per heavy atom. The highest BCUT2D eigenvalue weighted by atomic mass is 16.6. The Kier molecular flexibility index (Phi) is 5.84. The molecule has 0 aliphatic carbocycles. The van der Waals surface area contributed by atoms with Crippen LogP contribution < -0.4 is 10.9 Å². The molecule has 0 rings (SSSR count). The van der Waals surface area contributed by atoms with Gasteiger partial charge in [0, 0.05) is 0 Å². The van der Waals surface area contributed by atoms with E-state index in [9.17, 15) is 9.59 Å². The monoisotopic (exact) mass is 258 g/mol. The van der Waals surface area contributed by atoms with Crippen molar-refractivity contribution in [3.8, 4) is 0 Å². The molecule has 0 aromatic carbocycles. The molecule has 18 heavy (non-hydrogen) atoms. The van der Waals surface area contributed by atoms with Gasteiger partial charge in [-0.05, 0) is 40.5 Å². The molecular weight excluding hydrogens is 236 g/mol. The van der Waals surface area contributed by atoms with E-state index in [1.807, 2.05) is 0 Å². The third kappa shape index (κ3) is 6.24. The van der Waals surface area contributed by atoms with Crippen LogP contribution in [0.4, 0.5) is 4.79 Å². The van der Waals surface area contributed by atoms with Gasteiger partial charge in [0.25, 0.3) is 0 Å². The lowest BCUT2D eigenvalue weighted by Crippen LogP contribution is -2.57. The Bertz CT molecular complexity index is 323. The van der Waals surface area contributed by atoms with Gasteiger partial charge < -0.3 is 9.84 Å². The van der Waals surface area contributed by atoms with Crippen molar-refractivity contribution in [2.45, 2.75) is 51.7 Å². The molecule has 1 unspecified atom stereocenters. The second kappa shape index (κ2) is 6.39. The van der Waals surface area contributed by atoms with E-state index in [2.05, 4.69) is 17.4 Å². The van der Waals surface area contributed by atoms with Crippen molar-refractivity contribution in [3.63, 3.8) is 0 Å². The molecule has 0 fully saturated rings. The van der Waals surface area contributed by atoms with Crippen molar-refractivity contribution < 1.29 is 19.4 Å². The molecule has 0 aliphatic heterocycles. The van der Waals surface area contributed by atoms with Crippen molar-refractivity contribution in [2.24, 2.45) is 0 Å². The summed E-state index contributed by atoms with van der Waals surface area (Å²) < 4.78 is 4.99. The summed E-state index contributed by atoms with van der Waals surface area (Å²) in [6.07, 6.45) is 1.73. The van der Waals surface area contributed by atoms with E-state index in [4.69, 9.17) is 9.84 Å². The maximum Gasteiger partial charge on any atom is 0.422 e. The van der Waals surface area contributed by atoms with Crippen LogP contribution in [0.2, 0.25) is 0 Å². The fourth-order valence-electron chi connectivity index (χ4n) is 1.11. The fourth-order valence-corrected chi connectivity index (χ4v) is 1.11. The normalized spacial score (nSPS) is 14.4. The average molecular weight is 258 g/mol. The third-order valence-corrected chi connectivity index (χ3v) is 2.16. The first kappa shape index (κ1) is 16.4. The molecule has 0 aliphatic rings. The lowest BCUT2D eigenvalue weighted by Gasteiger charge is -2.27. The van der Waals surface area contributed by atoms with Gasteiger partial charge in [-0.25, -0.2) is 10.2 Å². The van der Waals surface area contributed by atoms with Gasteiger partial charge in [0.2, 0.25) is 0 Å². The Morgan fingerprint density at radius 3 is 2.28 bits per heavy atom. The number of allylic oxidation sites excluding steroid dienone is 1. The van der Waals surface area contributed by atoms with Gasteiger partial charge in [0.15, 0.2) is 0 Å². The Hall–Kier alpha value is -1.56. The van der Waals surface area contributed by atoms with Gasteiger partial charge in [-0.2, -0.15) is 0 Å². The Morgan fingerprint density at radius 2 is 1.89 bits per heavy atom. The molecule has 6 nitrogen and oxygen atoms in total. The summed E-state index contributed by atoms with van der Waals surface area (Å²) in [5.41, 5.74) is 2.83. The standard InChI is InChI=1S/C12H22N2O4/c1-6-7-8-12(5,9(15)16)14-13-10(17)18-11(2,3)4/h6,14H,1,7-8H2,2-5H3,(H,13,17)(H,15,16). The third-order valence-electron chi connectivity index (χ3n) is 2.16. The number of nitrogens with one attached hydrogen (secondary N) is 2. The highest BCUT2D eigenvalue weighted by molar-refractivity contribution is 5.79. The summed E-state index contributed by atoms with van der Waals surface area (Å²) >= 11 is 0. The number of carboxylic acid groups (broad SMARTS) is 1. The smallest absolute Gasteiger partial charge is 0.422 e. The number of hydrogen-bond donors (Lipinski definition) is 3. The molecular formula is C12H22N2O4. The SMILES string of the molecule is C=CCCC(C)(NNC(=O)OC(C)(C)C)C(=O)O. The number of hydrogen-bond acceptors (Lipinski definition) is 4. The second-order valence-corrected chi connectivity index (χ2v) is 5.22. The number of carbonyl (C=O) groups excluding carboxylic acids is 1. The first-order valence-electron chi connectivity index (χ1n) is 5.71. The van der Waals surface area contributed by atoms with Crippen molar-refractivity contribution in [3.05, 3.63) is 12.7 Å². The van der Waals surface area contributed by atoms with Gasteiger partial charge in [0.1, 0.15) is 11.1 Å². The minimum Gasteiger partial charge on any atom is -0.480 e. The maximum atomic E-state index is 11.4. The average Bonchev–Trinajstić information content (AvgIpc) is 2.21. The quantitative estimate of drug-likeness (QED) is 0.499. The molecule has 0 bridgehead atoms. The largest absolute Gasteiger partial charge is 0.480 e. The van der Waals surface area contributed by atoms with Gasteiger partial charge in [-0.1, -0.05) is 6.08 Å². The lowest BCUT2D eigenvalue weighted by atomic mass is 9.97. The summed E-state index contributed by atoms with van der Waals surface area (Å²) in [6, 6.07) is 0. The van der Waals surface area contributed by atoms with Crippen molar-refractivity contribution >= 4 is 12.1 Å². The number of rotatable bonds is 6. The summed E-state index contributed by atoms with van der Waals surface area (Å²) in [6.45, 7) is 10.2. The first-order chi connectivity index (χ1) is 8.10. The summed E-state index contributed by atoms with van der Waals surface area (Å²) in [4.78, 5) is 22.5. The van der Waals surface area contributed by atoms with Crippen LogP contribution in [0.25, 0.3) is 0 Å². The number of carboxylic acids is 1. The molecule has 1 amide bonds. The van der Waals surface area contributed by atoms with Gasteiger partial charge in [-0.15, -0.1) is 6.58 Å². The predicted molar refractivity (Wildman–Crippen MR) is 68.0 cm³/mol. The molecule has 0 saturated carbocycles. The molecule has 104 valence electrons. The van der Waals surface area contributed by atoms with Crippen molar-refractivity contribution in [2.75, 3.05) is 0 Å². The second-order valence-electron chi connectivity index (χ2n) is 5.22. The highest BCUT2D eigenvalue weighted by Gasteiger charge is 2.33. The van der Waals surface area contributed by atoms with E-state index in [0.717, 1.165) is 0 Å². The zero-order chi connectivity index (χ0) is 14.4. The van der Waals surface area contributed by atoms with E-state index in [0.29, 0.717) is 12.8 Å². The molecule has 6 heteroatoms. The zero-order valence-corrected chi connectivity index (χ0v) is 11.4.